The third kappa shape index (κ3) is 3.33. The predicted molar refractivity (Wildman–Crippen MR) is 65.0 cm³/mol. The zero-order valence-corrected chi connectivity index (χ0v) is 10.6. The minimum Gasteiger partial charge on any atom is -0.307 e. The van der Waals surface area contributed by atoms with Crippen molar-refractivity contribution in [2.45, 2.75) is 46.2 Å². The first kappa shape index (κ1) is 12.2. The molecule has 1 N–H and O–H groups in total. The second-order valence-corrected chi connectivity index (χ2v) is 5.48. The maximum Gasteiger partial charge on any atom is 0.0638 e. The highest BCUT2D eigenvalue weighted by atomic mass is 32.1. The second kappa shape index (κ2) is 5.29. The van der Waals surface area contributed by atoms with E-state index in [-0.39, 0.29) is 6.04 Å². The van der Waals surface area contributed by atoms with Crippen molar-refractivity contribution in [3.05, 3.63) is 21.4 Å². The number of nitrogens with one attached hydrogen (secondary N) is 1. The first-order valence-electron chi connectivity index (χ1n) is 5.24. The standard InChI is InChI=1S/C12H18N2S/c1-8(5-6-13)14-10(3)12-7-9(2)15-11(12)4/h7-8,10,14H,5H2,1-4H3. The predicted octanol–water partition coefficient (Wildman–Crippen LogP) is 3.32. The zero-order valence-electron chi connectivity index (χ0n) is 9.79. The van der Waals surface area contributed by atoms with Gasteiger partial charge < -0.3 is 5.32 Å². The highest BCUT2D eigenvalue weighted by molar-refractivity contribution is 7.12. The lowest BCUT2D eigenvalue weighted by Gasteiger charge is -2.18. The number of nitrogens with zero attached hydrogens (tertiary/aromatic N) is 1. The fourth-order valence-corrected chi connectivity index (χ4v) is 2.82. The molecular formula is C12H18N2S. The molecule has 0 aromatic carbocycles. The van der Waals surface area contributed by atoms with E-state index >= 15 is 0 Å². The largest absolute Gasteiger partial charge is 0.307 e. The first-order chi connectivity index (χ1) is 7.04. The highest BCUT2D eigenvalue weighted by Crippen LogP contribution is 2.26. The summed E-state index contributed by atoms with van der Waals surface area (Å²) in [6.45, 7) is 8.49. The Labute approximate surface area is 95.9 Å². The number of hydrogen-bond acceptors (Lipinski definition) is 3. The summed E-state index contributed by atoms with van der Waals surface area (Å²) >= 11 is 1.83. The molecule has 2 atom stereocenters. The Morgan fingerprint density at radius 2 is 2.13 bits per heavy atom. The van der Waals surface area contributed by atoms with Gasteiger partial charge in [0, 0.05) is 21.8 Å². The molecule has 0 aliphatic carbocycles. The Hall–Kier alpha value is -0.850. The van der Waals surface area contributed by atoms with Gasteiger partial charge >= 0.3 is 0 Å². The van der Waals surface area contributed by atoms with Gasteiger partial charge in [0.15, 0.2) is 0 Å². The Kier molecular flexibility index (Phi) is 4.31. The van der Waals surface area contributed by atoms with Gasteiger partial charge in [0.25, 0.3) is 0 Å². The van der Waals surface area contributed by atoms with Crippen LogP contribution in [0, 0.1) is 25.2 Å². The Bertz CT molecular complexity index is 362. The summed E-state index contributed by atoms with van der Waals surface area (Å²) in [6.07, 6.45) is 0.562. The molecule has 1 aromatic heterocycles. The topological polar surface area (TPSA) is 35.8 Å². The lowest BCUT2D eigenvalue weighted by Crippen LogP contribution is -2.28. The molecule has 0 aliphatic rings. The summed E-state index contributed by atoms with van der Waals surface area (Å²) in [6, 6.07) is 5.00. The van der Waals surface area contributed by atoms with Crippen molar-refractivity contribution >= 4 is 11.3 Å². The number of rotatable bonds is 4. The van der Waals surface area contributed by atoms with Crippen molar-refractivity contribution in [2.75, 3.05) is 0 Å². The van der Waals surface area contributed by atoms with Crippen molar-refractivity contribution in [1.29, 1.82) is 5.26 Å². The van der Waals surface area contributed by atoms with E-state index in [9.17, 15) is 0 Å². The molecule has 82 valence electrons. The first-order valence-corrected chi connectivity index (χ1v) is 6.06. The summed E-state index contributed by atoms with van der Waals surface area (Å²) in [5.74, 6) is 0. The third-order valence-electron chi connectivity index (χ3n) is 2.48. The van der Waals surface area contributed by atoms with Crippen LogP contribution in [0.2, 0.25) is 0 Å². The number of aryl methyl sites for hydroxylation is 2. The van der Waals surface area contributed by atoms with Gasteiger partial charge in [-0.25, -0.2) is 0 Å². The van der Waals surface area contributed by atoms with E-state index in [0.717, 1.165) is 0 Å². The van der Waals surface area contributed by atoms with Crippen LogP contribution in [0.15, 0.2) is 6.07 Å². The van der Waals surface area contributed by atoms with Crippen LogP contribution in [-0.4, -0.2) is 6.04 Å². The van der Waals surface area contributed by atoms with Crippen molar-refractivity contribution in [1.82, 2.24) is 5.32 Å². The van der Waals surface area contributed by atoms with Crippen LogP contribution < -0.4 is 5.32 Å². The van der Waals surface area contributed by atoms with Crippen LogP contribution in [-0.2, 0) is 0 Å². The van der Waals surface area contributed by atoms with Crippen molar-refractivity contribution in [2.24, 2.45) is 0 Å². The van der Waals surface area contributed by atoms with Crippen LogP contribution in [0.5, 0.6) is 0 Å². The average Bonchev–Trinajstić information content (AvgIpc) is 2.45. The van der Waals surface area contributed by atoms with Gasteiger partial charge in [0.2, 0.25) is 0 Å². The highest BCUT2D eigenvalue weighted by Gasteiger charge is 2.13. The number of nitriles is 1. The van der Waals surface area contributed by atoms with E-state index in [2.05, 4.69) is 38.2 Å². The van der Waals surface area contributed by atoms with Gasteiger partial charge in [0.1, 0.15) is 0 Å². The quantitative estimate of drug-likeness (QED) is 0.848. The molecule has 2 unspecified atom stereocenters. The molecular weight excluding hydrogens is 204 g/mol. The molecule has 15 heavy (non-hydrogen) atoms. The van der Waals surface area contributed by atoms with E-state index in [1.807, 2.05) is 18.3 Å². The molecule has 1 rings (SSSR count). The van der Waals surface area contributed by atoms with Crippen LogP contribution in [0.3, 0.4) is 0 Å². The SMILES string of the molecule is Cc1cc(C(C)NC(C)CC#N)c(C)s1. The zero-order chi connectivity index (χ0) is 11.4. The summed E-state index contributed by atoms with van der Waals surface area (Å²) in [5, 5.41) is 12.0. The van der Waals surface area contributed by atoms with E-state index < -0.39 is 0 Å². The molecule has 0 spiro atoms. The van der Waals surface area contributed by atoms with E-state index in [1.165, 1.54) is 15.3 Å². The van der Waals surface area contributed by atoms with Crippen LogP contribution in [0.4, 0.5) is 0 Å². The lowest BCUT2D eigenvalue weighted by atomic mass is 10.1. The molecule has 0 fully saturated rings. The normalized spacial score (nSPS) is 14.6. The summed E-state index contributed by atoms with van der Waals surface area (Å²) in [7, 11) is 0. The third-order valence-corrected chi connectivity index (χ3v) is 3.46. The fourth-order valence-electron chi connectivity index (χ4n) is 1.79. The van der Waals surface area contributed by atoms with E-state index in [0.29, 0.717) is 12.5 Å². The van der Waals surface area contributed by atoms with Crippen LogP contribution in [0.25, 0.3) is 0 Å². The van der Waals surface area contributed by atoms with E-state index in [4.69, 9.17) is 5.26 Å². The Morgan fingerprint density at radius 3 is 2.60 bits per heavy atom. The average molecular weight is 222 g/mol. The maximum absolute atomic E-state index is 8.59. The number of thiophene rings is 1. The van der Waals surface area contributed by atoms with Crippen molar-refractivity contribution < 1.29 is 0 Å². The van der Waals surface area contributed by atoms with Gasteiger partial charge in [-0.15, -0.1) is 11.3 Å². The minimum absolute atomic E-state index is 0.254. The minimum atomic E-state index is 0.254. The van der Waals surface area contributed by atoms with Gasteiger partial charge in [0.05, 0.1) is 12.5 Å². The molecule has 0 bridgehead atoms. The van der Waals surface area contributed by atoms with Crippen molar-refractivity contribution in [3.63, 3.8) is 0 Å². The maximum atomic E-state index is 8.59. The molecule has 0 radical (unpaired) electrons. The smallest absolute Gasteiger partial charge is 0.0638 e. The summed E-state index contributed by atoms with van der Waals surface area (Å²) in [5.41, 5.74) is 1.36. The Balaban J connectivity index is 2.65. The molecule has 1 heterocycles. The molecule has 3 heteroatoms. The number of hydrogen-bond donors (Lipinski definition) is 1. The molecule has 0 saturated carbocycles. The van der Waals surface area contributed by atoms with Gasteiger partial charge in [-0.3, -0.25) is 0 Å². The van der Waals surface area contributed by atoms with Gasteiger partial charge in [-0.2, -0.15) is 5.26 Å². The van der Waals surface area contributed by atoms with E-state index in [1.54, 1.807) is 0 Å². The Morgan fingerprint density at radius 1 is 1.47 bits per heavy atom. The van der Waals surface area contributed by atoms with Crippen LogP contribution >= 0.6 is 11.3 Å². The monoisotopic (exact) mass is 222 g/mol. The molecule has 0 saturated heterocycles. The molecule has 2 nitrogen and oxygen atoms in total. The van der Waals surface area contributed by atoms with Gasteiger partial charge in [-0.1, -0.05) is 0 Å². The lowest BCUT2D eigenvalue weighted by molar-refractivity contribution is 0.485. The molecule has 0 amide bonds. The fraction of sp³-hybridized carbons (Fsp3) is 0.583. The summed E-state index contributed by atoms with van der Waals surface area (Å²) in [4.78, 5) is 2.72. The summed E-state index contributed by atoms with van der Waals surface area (Å²) < 4.78 is 0. The van der Waals surface area contributed by atoms with Crippen LogP contribution in [0.1, 0.15) is 41.6 Å². The molecule has 0 aliphatic heterocycles. The van der Waals surface area contributed by atoms with Gasteiger partial charge in [-0.05, 0) is 39.3 Å². The molecule has 1 aromatic rings. The second-order valence-electron chi connectivity index (χ2n) is 4.02. The van der Waals surface area contributed by atoms with Crippen molar-refractivity contribution in [3.8, 4) is 6.07 Å².